The van der Waals surface area contributed by atoms with E-state index in [1.807, 2.05) is 18.2 Å². The number of hydrogen-bond acceptors (Lipinski definition) is 5. The summed E-state index contributed by atoms with van der Waals surface area (Å²) in [4.78, 5) is 24.7. The van der Waals surface area contributed by atoms with Crippen LogP contribution >= 0.6 is 11.6 Å². The topological polar surface area (TPSA) is 96.9 Å². The summed E-state index contributed by atoms with van der Waals surface area (Å²) in [6.07, 6.45) is 2.18. The van der Waals surface area contributed by atoms with Crippen LogP contribution in [0.5, 0.6) is 0 Å². The number of aliphatic hydroxyl groups excluding tert-OH is 1. The Kier molecular flexibility index (Phi) is 8.29. The van der Waals surface area contributed by atoms with Crippen molar-refractivity contribution >= 4 is 23.4 Å². The molecule has 0 saturated carbocycles. The molecule has 3 rings (SSSR count). The Balaban J connectivity index is 1.44. The summed E-state index contributed by atoms with van der Waals surface area (Å²) >= 11 is 6.11. The molecule has 2 fully saturated rings. The van der Waals surface area contributed by atoms with Crippen LogP contribution in [0.25, 0.3) is 0 Å². The van der Waals surface area contributed by atoms with E-state index in [2.05, 4.69) is 10.6 Å². The number of nitrogens with one attached hydrogen (secondary N) is 2. The molecule has 1 aromatic rings. The monoisotopic (exact) mass is 424 g/mol. The van der Waals surface area contributed by atoms with Crippen molar-refractivity contribution in [3.05, 3.63) is 34.9 Å². The first-order chi connectivity index (χ1) is 14.1. The Bertz CT molecular complexity index is 695. The van der Waals surface area contributed by atoms with E-state index < -0.39 is 6.10 Å². The molecule has 0 aliphatic carbocycles. The highest BCUT2D eigenvalue weighted by Gasteiger charge is 2.34. The number of rotatable bonds is 7. The summed E-state index contributed by atoms with van der Waals surface area (Å²) < 4.78 is 11.2. The average molecular weight is 425 g/mol. The van der Waals surface area contributed by atoms with Crippen molar-refractivity contribution in [2.24, 2.45) is 5.92 Å². The second kappa shape index (κ2) is 10.9. The quantitative estimate of drug-likeness (QED) is 0.620. The van der Waals surface area contributed by atoms with Crippen LogP contribution in [0, 0.1) is 5.92 Å². The number of carbonyl (C=O) groups is 2. The average Bonchev–Trinajstić information content (AvgIpc) is 2.74. The highest BCUT2D eigenvalue weighted by Crippen LogP contribution is 2.23. The maximum Gasteiger partial charge on any atom is 0.223 e. The molecule has 7 nitrogen and oxygen atoms in total. The molecule has 3 N–H and O–H groups in total. The molecule has 0 aromatic heterocycles. The van der Waals surface area contributed by atoms with Crippen LogP contribution in [0.1, 0.15) is 37.7 Å². The van der Waals surface area contributed by atoms with E-state index in [-0.39, 0.29) is 42.9 Å². The lowest BCUT2D eigenvalue weighted by Gasteiger charge is -2.37. The first-order valence-electron chi connectivity index (χ1n) is 10.2. The number of halogens is 1. The van der Waals surface area contributed by atoms with E-state index in [0.29, 0.717) is 37.6 Å². The molecule has 3 atom stereocenters. The fraction of sp³-hybridized carbons (Fsp3) is 0.619. The molecular formula is C21H29ClN2O5. The van der Waals surface area contributed by atoms with E-state index in [1.54, 1.807) is 6.07 Å². The predicted molar refractivity (Wildman–Crippen MR) is 108 cm³/mol. The third-order valence-electron chi connectivity index (χ3n) is 5.56. The normalized spacial score (nSPS) is 25.4. The maximum absolute atomic E-state index is 12.5. The van der Waals surface area contributed by atoms with Crippen molar-refractivity contribution in [3.63, 3.8) is 0 Å². The van der Waals surface area contributed by atoms with Gasteiger partial charge in [-0.25, -0.2) is 0 Å². The van der Waals surface area contributed by atoms with Crippen LogP contribution in [0.15, 0.2) is 24.3 Å². The number of benzene rings is 1. The lowest BCUT2D eigenvalue weighted by atomic mass is 9.94. The van der Waals surface area contributed by atoms with Gasteiger partial charge in [0, 0.05) is 30.7 Å². The predicted octanol–water partition coefficient (Wildman–Crippen LogP) is 1.80. The summed E-state index contributed by atoms with van der Waals surface area (Å²) in [5, 5.41) is 16.2. The van der Waals surface area contributed by atoms with E-state index in [1.165, 1.54) is 0 Å². The fourth-order valence-electron chi connectivity index (χ4n) is 3.82. The van der Waals surface area contributed by atoms with E-state index in [4.69, 9.17) is 21.1 Å². The Morgan fingerprint density at radius 2 is 1.90 bits per heavy atom. The molecule has 0 spiro atoms. The zero-order chi connectivity index (χ0) is 20.6. The lowest BCUT2D eigenvalue weighted by molar-refractivity contribution is -0.139. The molecule has 2 heterocycles. The molecule has 8 heteroatoms. The van der Waals surface area contributed by atoms with Gasteiger partial charge in [0.15, 0.2) is 0 Å². The van der Waals surface area contributed by atoms with Crippen LogP contribution in [0.2, 0.25) is 5.02 Å². The van der Waals surface area contributed by atoms with Gasteiger partial charge in [-0.05, 0) is 37.3 Å². The zero-order valence-corrected chi connectivity index (χ0v) is 17.2. The van der Waals surface area contributed by atoms with Crippen molar-refractivity contribution in [3.8, 4) is 0 Å². The van der Waals surface area contributed by atoms with Gasteiger partial charge < -0.3 is 25.2 Å². The van der Waals surface area contributed by atoms with Gasteiger partial charge in [-0.2, -0.15) is 0 Å². The van der Waals surface area contributed by atoms with Gasteiger partial charge in [0.25, 0.3) is 0 Å². The van der Waals surface area contributed by atoms with Crippen molar-refractivity contribution in [1.29, 1.82) is 0 Å². The number of hydrogen-bond donors (Lipinski definition) is 3. The van der Waals surface area contributed by atoms with E-state index >= 15 is 0 Å². The summed E-state index contributed by atoms with van der Waals surface area (Å²) in [6.45, 7) is 1.37. The highest BCUT2D eigenvalue weighted by molar-refractivity contribution is 6.31. The molecule has 2 saturated heterocycles. The number of ether oxygens (including phenoxy) is 2. The van der Waals surface area contributed by atoms with Crippen molar-refractivity contribution < 1.29 is 24.2 Å². The largest absolute Gasteiger partial charge is 0.394 e. The smallest absolute Gasteiger partial charge is 0.223 e. The van der Waals surface area contributed by atoms with Gasteiger partial charge in [0.2, 0.25) is 11.8 Å². The highest BCUT2D eigenvalue weighted by atomic mass is 35.5. The summed E-state index contributed by atoms with van der Waals surface area (Å²) in [5.74, 6) is -0.177. The van der Waals surface area contributed by atoms with Crippen molar-refractivity contribution in [2.75, 3.05) is 19.8 Å². The summed E-state index contributed by atoms with van der Waals surface area (Å²) in [6, 6.07) is 7.13. The molecule has 160 valence electrons. The van der Waals surface area contributed by atoms with Gasteiger partial charge >= 0.3 is 0 Å². The van der Waals surface area contributed by atoms with Crippen LogP contribution in [-0.4, -0.2) is 55.0 Å². The number of amides is 2. The van der Waals surface area contributed by atoms with E-state index in [9.17, 15) is 14.7 Å². The third-order valence-corrected chi connectivity index (χ3v) is 5.93. The number of carbonyl (C=O) groups excluding carboxylic acids is 2. The van der Waals surface area contributed by atoms with Gasteiger partial charge in [0.1, 0.15) is 6.10 Å². The Hall–Kier alpha value is -1.67. The first-order valence-corrected chi connectivity index (χ1v) is 10.6. The molecule has 0 bridgehead atoms. The maximum atomic E-state index is 12.5. The standard InChI is InChI=1S/C21H29ClN2O5/c22-17-4-2-1-3-15(17)12-23-20(26)11-16-5-6-18(19(13-25)29-16)24-21(27)14-7-9-28-10-8-14/h1-4,14,16,18-19,25H,5-13H2,(H,23,26)(H,24,27)/t16-,18-,19-/m0/s1. The molecule has 0 radical (unpaired) electrons. The molecule has 2 aliphatic rings. The van der Waals surface area contributed by atoms with Crippen molar-refractivity contribution in [2.45, 2.75) is 56.9 Å². The molecule has 2 aliphatic heterocycles. The second-order valence-corrected chi connectivity index (χ2v) is 8.04. The van der Waals surface area contributed by atoms with Gasteiger partial charge in [0.05, 0.1) is 25.2 Å². The Labute approximate surface area is 176 Å². The molecule has 1 aromatic carbocycles. The zero-order valence-electron chi connectivity index (χ0n) is 16.4. The number of aliphatic hydroxyl groups is 1. The molecule has 29 heavy (non-hydrogen) atoms. The van der Waals surface area contributed by atoms with Crippen LogP contribution in [0.4, 0.5) is 0 Å². The van der Waals surface area contributed by atoms with Crippen molar-refractivity contribution in [1.82, 2.24) is 10.6 Å². The Morgan fingerprint density at radius 3 is 2.62 bits per heavy atom. The van der Waals surface area contributed by atoms with E-state index in [0.717, 1.165) is 18.4 Å². The minimum absolute atomic E-state index is 0.00344. The van der Waals surface area contributed by atoms with Gasteiger partial charge in [-0.1, -0.05) is 29.8 Å². The lowest BCUT2D eigenvalue weighted by Crippen LogP contribution is -2.53. The minimum Gasteiger partial charge on any atom is -0.394 e. The molecular weight excluding hydrogens is 396 g/mol. The SMILES string of the molecule is O=C(C[C@@H]1CC[C@H](NC(=O)C2CCOCC2)[C@H](CO)O1)NCc1ccccc1Cl. The first kappa shape index (κ1) is 22.0. The van der Waals surface area contributed by atoms with Crippen LogP contribution in [0.3, 0.4) is 0 Å². The van der Waals surface area contributed by atoms with Crippen LogP contribution in [-0.2, 0) is 25.6 Å². The summed E-state index contributed by atoms with van der Waals surface area (Å²) in [5.41, 5.74) is 0.858. The fourth-order valence-corrected chi connectivity index (χ4v) is 4.02. The Morgan fingerprint density at radius 1 is 1.14 bits per heavy atom. The summed E-state index contributed by atoms with van der Waals surface area (Å²) in [7, 11) is 0. The molecule has 2 amide bonds. The van der Waals surface area contributed by atoms with Gasteiger partial charge in [-0.15, -0.1) is 0 Å². The van der Waals surface area contributed by atoms with Crippen LogP contribution < -0.4 is 10.6 Å². The molecule has 0 unspecified atom stereocenters. The second-order valence-electron chi connectivity index (χ2n) is 7.63. The third kappa shape index (κ3) is 6.40. The minimum atomic E-state index is -0.506. The van der Waals surface area contributed by atoms with Gasteiger partial charge in [-0.3, -0.25) is 9.59 Å².